The Labute approximate surface area is 101 Å². The molecule has 1 heterocycles. The number of carbonyl (C=O) groups excluding carboxylic acids is 1. The van der Waals surface area contributed by atoms with Gasteiger partial charge in [0.15, 0.2) is 0 Å². The molecule has 15 heavy (non-hydrogen) atoms. The van der Waals surface area contributed by atoms with E-state index in [9.17, 15) is 4.79 Å². The molecule has 1 rings (SSSR count). The Kier molecular flexibility index (Phi) is 5.42. The van der Waals surface area contributed by atoms with Gasteiger partial charge in [-0.25, -0.2) is 0 Å². The fraction of sp³-hybridized carbons (Fsp3) is 0.300. The van der Waals surface area contributed by atoms with Crippen LogP contribution >= 0.6 is 27.3 Å². The van der Waals surface area contributed by atoms with Gasteiger partial charge in [0.2, 0.25) is 0 Å². The van der Waals surface area contributed by atoms with E-state index in [0.717, 1.165) is 10.2 Å². The Bertz CT molecular complexity index is 338. The molecule has 0 saturated heterocycles. The van der Waals surface area contributed by atoms with Gasteiger partial charge in [0.05, 0.1) is 21.5 Å². The number of amides is 1. The van der Waals surface area contributed by atoms with Crippen molar-refractivity contribution in [3.8, 4) is 0 Å². The summed E-state index contributed by atoms with van der Waals surface area (Å²) in [4.78, 5) is 12.2. The molecule has 0 saturated carbocycles. The highest BCUT2D eigenvalue weighted by atomic mass is 79.9. The van der Waals surface area contributed by atoms with Gasteiger partial charge < -0.3 is 10.1 Å². The molecular weight excluding hydrogens is 278 g/mol. The Balaban J connectivity index is 2.22. The van der Waals surface area contributed by atoms with E-state index < -0.39 is 0 Å². The largest absolute Gasteiger partial charge is 0.502 e. The molecule has 0 aliphatic carbocycles. The van der Waals surface area contributed by atoms with E-state index in [1.807, 2.05) is 6.07 Å². The van der Waals surface area contributed by atoms with Crippen molar-refractivity contribution in [3.63, 3.8) is 0 Å². The number of thiophene rings is 1. The van der Waals surface area contributed by atoms with E-state index in [1.54, 1.807) is 6.07 Å². The minimum atomic E-state index is -0.0377. The second kappa shape index (κ2) is 6.63. The van der Waals surface area contributed by atoms with Crippen molar-refractivity contribution < 1.29 is 9.53 Å². The summed E-state index contributed by atoms with van der Waals surface area (Å²) < 4.78 is 5.89. The van der Waals surface area contributed by atoms with Gasteiger partial charge in [0.25, 0.3) is 5.91 Å². The topological polar surface area (TPSA) is 38.3 Å². The molecule has 82 valence electrons. The number of nitrogens with one attached hydrogen (secondary N) is 1. The molecule has 0 fully saturated rings. The summed E-state index contributed by atoms with van der Waals surface area (Å²) in [6, 6.07) is 3.66. The maximum atomic E-state index is 11.5. The molecule has 3 nitrogen and oxygen atoms in total. The lowest BCUT2D eigenvalue weighted by Crippen LogP contribution is -2.24. The molecule has 1 aromatic heterocycles. The monoisotopic (exact) mass is 289 g/mol. The molecule has 0 aliphatic heterocycles. The Morgan fingerprint density at radius 3 is 3.07 bits per heavy atom. The molecule has 1 amide bonds. The highest BCUT2D eigenvalue weighted by Gasteiger charge is 2.06. The lowest BCUT2D eigenvalue weighted by atomic mass is 10.4. The fourth-order valence-electron chi connectivity index (χ4n) is 0.964. The van der Waals surface area contributed by atoms with Crippen LogP contribution in [0.25, 0.3) is 0 Å². The summed E-state index contributed by atoms with van der Waals surface area (Å²) in [7, 11) is 0. The zero-order chi connectivity index (χ0) is 11.1. The van der Waals surface area contributed by atoms with Gasteiger partial charge in [-0.15, -0.1) is 11.3 Å². The lowest BCUT2D eigenvalue weighted by molar-refractivity contribution is 0.0954. The summed E-state index contributed by atoms with van der Waals surface area (Å²) >= 11 is 4.73. The van der Waals surface area contributed by atoms with Crippen LogP contribution in [0.3, 0.4) is 0 Å². The molecule has 0 radical (unpaired) electrons. The maximum Gasteiger partial charge on any atom is 0.261 e. The zero-order valence-corrected chi connectivity index (χ0v) is 10.6. The molecule has 0 spiro atoms. The molecule has 1 aromatic rings. The van der Waals surface area contributed by atoms with Crippen molar-refractivity contribution in [2.75, 3.05) is 13.2 Å². The van der Waals surface area contributed by atoms with E-state index in [1.165, 1.54) is 17.6 Å². The second-order valence-electron chi connectivity index (χ2n) is 2.75. The number of hydrogen-bond acceptors (Lipinski definition) is 3. The third-order valence-electron chi connectivity index (χ3n) is 1.64. The van der Waals surface area contributed by atoms with Crippen LogP contribution in [-0.2, 0) is 4.74 Å². The molecule has 0 atom stereocenters. The number of ether oxygens (including phenoxy) is 1. The van der Waals surface area contributed by atoms with Crippen LogP contribution in [0.15, 0.2) is 28.8 Å². The van der Waals surface area contributed by atoms with Crippen molar-refractivity contribution >= 4 is 33.2 Å². The van der Waals surface area contributed by atoms with Crippen molar-refractivity contribution in [1.82, 2.24) is 5.32 Å². The summed E-state index contributed by atoms with van der Waals surface area (Å²) in [6.07, 6.45) is 2.18. The molecule has 0 unspecified atom stereocenters. The molecule has 0 bridgehead atoms. The molecule has 1 N–H and O–H groups in total. The third kappa shape index (κ3) is 4.48. The Hall–Kier alpha value is -0.810. The summed E-state index contributed by atoms with van der Waals surface area (Å²) in [5, 5.41) is 2.81. The predicted molar refractivity (Wildman–Crippen MR) is 65.1 cm³/mol. The average Bonchev–Trinajstić information content (AvgIpc) is 2.64. The van der Waals surface area contributed by atoms with E-state index in [2.05, 4.69) is 27.8 Å². The van der Waals surface area contributed by atoms with Crippen molar-refractivity contribution in [1.29, 1.82) is 0 Å². The smallest absolute Gasteiger partial charge is 0.261 e. The van der Waals surface area contributed by atoms with E-state index >= 15 is 0 Å². The van der Waals surface area contributed by atoms with Gasteiger partial charge >= 0.3 is 0 Å². The van der Waals surface area contributed by atoms with Crippen LogP contribution < -0.4 is 5.32 Å². The summed E-state index contributed by atoms with van der Waals surface area (Å²) in [6.45, 7) is 4.63. The van der Waals surface area contributed by atoms with Gasteiger partial charge in [-0.2, -0.15) is 0 Å². The zero-order valence-electron chi connectivity index (χ0n) is 8.16. The first-order chi connectivity index (χ1) is 7.24. The number of halogens is 1. The minimum absolute atomic E-state index is 0.0377. The Morgan fingerprint density at radius 2 is 2.47 bits per heavy atom. The van der Waals surface area contributed by atoms with Crippen LogP contribution in [0.2, 0.25) is 0 Å². The normalized spacial score (nSPS) is 9.67. The second-order valence-corrected chi connectivity index (χ2v) is 5.21. The SMILES string of the molecule is C=COCCCNC(=O)c1ccc(Br)s1. The number of rotatable bonds is 6. The molecule has 5 heteroatoms. The molecule has 0 aliphatic rings. The number of hydrogen-bond donors (Lipinski definition) is 1. The minimum Gasteiger partial charge on any atom is -0.502 e. The fourth-order valence-corrected chi connectivity index (χ4v) is 2.27. The van der Waals surface area contributed by atoms with E-state index in [0.29, 0.717) is 18.0 Å². The highest BCUT2D eigenvalue weighted by Crippen LogP contribution is 2.21. The standard InChI is InChI=1S/C10H12BrNO2S/c1-2-14-7-3-6-12-10(13)8-4-5-9(11)15-8/h2,4-5H,1,3,6-7H2,(H,12,13). The van der Waals surface area contributed by atoms with Crippen LogP contribution in [0, 0.1) is 0 Å². The summed E-state index contributed by atoms with van der Waals surface area (Å²) in [5.74, 6) is -0.0377. The van der Waals surface area contributed by atoms with Gasteiger partial charge in [-0.3, -0.25) is 4.79 Å². The first-order valence-corrected chi connectivity index (χ1v) is 6.11. The predicted octanol–water partition coefficient (Wildman–Crippen LogP) is 2.79. The quantitative estimate of drug-likeness (QED) is 0.646. The molecular formula is C10H12BrNO2S. The summed E-state index contributed by atoms with van der Waals surface area (Å²) in [5.41, 5.74) is 0. The Morgan fingerprint density at radius 1 is 1.67 bits per heavy atom. The van der Waals surface area contributed by atoms with Crippen LogP contribution in [0.4, 0.5) is 0 Å². The van der Waals surface area contributed by atoms with E-state index in [-0.39, 0.29) is 5.91 Å². The maximum absolute atomic E-state index is 11.5. The van der Waals surface area contributed by atoms with Gasteiger partial charge in [0, 0.05) is 6.54 Å². The van der Waals surface area contributed by atoms with Gasteiger partial charge in [-0.05, 0) is 34.5 Å². The van der Waals surface area contributed by atoms with Gasteiger partial charge in [0.1, 0.15) is 0 Å². The van der Waals surface area contributed by atoms with E-state index in [4.69, 9.17) is 4.74 Å². The van der Waals surface area contributed by atoms with Crippen LogP contribution in [0.5, 0.6) is 0 Å². The highest BCUT2D eigenvalue weighted by molar-refractivity contribution is 9.11. The van der Waals surface area contributed by atoms with Crippen molar-refractivity contribution in [2.45, 2.75) is 6.42 Å². The first-order valence-electron chi connectivity index (χ1n) is 4.50. The average molecular weight is 290 g/mol. The van der Waals surface area contributed by atoms with Gasteiger partial charge in [-0.1, -0.05) is 6.58 Å². The number of carbonyl (C=O) groups is 1. The van der Waals surface area contributed by atoms with Crippen molar-refractivity contribution in [3.05, 3.63) is 33.6 Å². The lowest BCUT2D eigenvalue weighted by Gasteiger charge is -2.02. The first kappa shape index (κ1) is 12.3. The van der Waals surface area contributed by atoms with Crippen molar-refractivity contribution in [2.24, 2.45) is 0 Å². The van der Waals surface area contributed by atoms with Crippen LogP contribution in [0.1, 0.15) is 16.1 Å². The molecule has 0 aromatic carbocycles. The third-order valence-corrected chi connectivity index (χ3v) is 3.26. The van der Waals surface area contributed by atoms with Crippen LogP contribution in [-0.4, -0.2) is 19.1 Å².